The maximum atomic E-state index is 4.99. The quantitative estimate of drug-likeness (QED) is 0.405. The van der Waals surface area contributed by atoms with Crippen molar-refractivity contribution in [2.45, 2.75) is 25.0 Å². The van der Waals surface area contributed by atoms with E-state index in [1.165, 1.54) is 0 Å². The molecule has 96 valence electrons. The van der Waals surface area contributed by atoms with Gasteiger partial charge < -0.3 is 15.4 Å². The van der Waals surface area contributed by atoms with Gasteiger partial charge in [-0.05, 0) is 26.5 Å². The molecule has 0 radical (unpaired) electrons. The molecule has 0 aliphatic heterocycles. The van der Waals surface area contributed by atoms with E-state index in [4.69, 9.17) is 4.74 Å². The van der Waals surface area contributed by atoms with Crippen LogP contribution in [0.1, 0.15) is 20.3 Å². The number of ether oxygens (including phenoxy) is 1. The molecule has 0 aromatic heterocycles. The first-order valence-corrected chi connectivity index (χ1v) is 6.77. The zero-order chi connectivity index (χ0) is 12.4. The van der Waals surface area contributed by atoms with E-state index < -0.39 is 0 Å². The molecule has 5 heteroatoms. The van der Waals surface area contributed by atoms with Crippen LogP contribution in [0.5, 0.6) is 0 Å². The lowest BCUT2D eigenvalue weighted by Gasteiger charge is -2.23. The Morgan fingerprint density at radius 2 is 2.06 bits per heavy atom. The monoisotopic (exact) mass is 247 g/mol. The Morgan fingerprint density at radius 3 is 2.56 bits per heavy atom. The molecule has 0 amide bonds. The van der Waals surface area contributed by atoms with Crippen LogP contribution in [0.4, 0.5) is 0 Å². The van der Waals surface area contributed by atoms with Crippen LogP contribution < -0.4 is 10.6 Å². The largest absolute Gasteiger partial charge is 0.385 e. The SMILES string of the molecule is CN=C(NCCCOC)NCC(C)(C)SC. The molecule has 2 N–H and O–H groups in total. The van der Waals surface area contributed by atoms with Gasteiger partial charge in [0, 0.05) is 38.6 Å². The molecule has 4 nitrogen and oxygen atoms in total. The van der Waals surface area contributed by atoms with Crippen LogP contribution in [0.3, 0.4) is 0 Å². The summed E-state index contributed by atoms with van der Waals surface area (Å²) in [4.78, 5) is 4.17. The van der Waals surface area contributed by atoms with Crippen molar-refractivity contribution in [3.63, 3.8) is 0 Å². The molecule has 0 aliphatic carbocycles. The second-order valence-corrected chi connectivity index (χ2v) is 5.68. The van der Waals surface area contributed by atoms with E-state index in [2.05, 4.69) is 35.7 Å². The number of nitrogens with zero attached hydrogens (tertiary/aromatic N) is 1. The molecule has 0 aromatic rings. The Kier molecular flexibility index (Phi) is 8.47. The van der Waals surface area contributed by atoms with Crippen molar-refractivity contribution in [2.24, 2.45) is 4.99 Å². The average molecular weight is 247 g/mol. The van der Waals surface area contributed by atoms with Crippen molar-refractivity contribution in [1.29, 1.82) is 0 Å². The highest BCUT2D eigenvalue weighted by atomic mass is 32.2. The summed E-state index contributed by atoms with van der Waals surface area (Å²) in [5.41, 5.74) is 0. The second-order valence-electron chi connectivity index (χ2n) is 4.16. The minimum Gasteiger partial charge on any atom is -0.385 e. The van der Waals surface area contributed by atoms with Gasteiger partial charge in [-0.3, -0.25) is 4.99 Å². The van der Waals surface area contributed by atoms with E-state index in [-0.39, 0.29) is 4.75 Å². The lowest BCUT2D eigenvalue weighted by atomic mass is 10.2. The first-order valence-electron chi connectivity index (χ1n) is 5.54. The van der Waals surface area contributed by atoms with E-state index in [1.807, 2.05) is 11.8 Å². The van der Waals surface area contributed by atoms with Gasteiger partial charge >= 0.3 is 0 Å². The zero-order valence-electron chi connectivity index (χ0n) is 11.1. The van der Waals surface area contributed by atoms with Crippen molar-refractivity contribution in [2.75, 3.05) is 40.1 Å². The number of thioether (sulfide) groups is 1. The molecule has 0 saturated heterocycles. The maximum absolute atomic E-state index is 4.99. The third-order valence-corrected chi connectivity index (χ3v) is 3.52. The summed E-state index contributed by atoms with van der Waals surface area (Å²) in [7, 11) is 3.51. The van der Waals surface area contributed by atoms with Gasteiger partial charge in [-0.25, -0.2) is 0 Å². The standard InChI is InChI=1S/C11H25N3OS/c1-11(2,16-5)9-14-10(12-3)13-7-6-8-15-4/h6-9H2,1-5H3,(H2,12,13,14). The molecule has 0 saturated carbocycles. The molecule has 0 aliphatic rings. The molecule has 0 fully saturated rings. The first-order chi connectivity index (χ1) is 7.55. The van der Waals surface area contributed by atoms with E-state index in [9.17, 15) is 0 Å². The third-order valence-electron chi connectivity index (χ3n) is 2.28. The molecule has 0 bridgehead atoms. The Balaban J connectivity index is 3.77. The van der Waals surface area contributed by atoms with Crippen LogP contribution >= 0.6 is 11.8 Å². The van der Waals surface area contributed by atoms with Gasteiger partial charge in [0.15, 0.2) is 5.96 Å². The molecule has 0 rings (SSSR count). The Labute approximate surface area is 104 Å². The lowest BCUT2D eigenvalue weighted by molar-refractivity contribution is 0.195. The van der Waals surface area contributed by atoms with Gasteiger partial charge in [0.25, 0.3) is 0 Å². The highest BCUT2D eigenvalue weighted by Gasteiger charge is 2.15. The van der Waals surface area contributed by atoms with Crippen molar-refractivity contribution >= 4 is 17.7 Å². The van der Waals surface area contributed by atoms with Gasteiger partial charge in [0.05, 0.1) is 0 Å². The van der Waals surface area contributed by atoms with Crippen molar-refractivity contribution < 1.29 is 4.74 Å². The Bertz CT molecular complexity index is 207. The predicted octanol–water partition coefficient (Wildman–Crippen LogP) is 1.33. The number of guanidine groups is 1. The van der Waals surface area contributed by atoms with Gasteiger partial charge in [-0.2, -0.15) is 11.8 Å². The topological polar surface area (TPSA) is 45.7 Å². The fourth-order valence-corrected chi connectivity index (χ4v) is 1.23. The van der Waals surface area contributed by atoms with Gasteiger partial charge in [-0.15, -0.1) is 0 Å². The van der Waals surface area contributed by atoms with Gasteiger partial charge in [0.2, 0.25) is 0 Å². The number of aliphatic imine (C=N–C) groups is 1. The summed E-state index contributed by atoms with van der Waals surface area (Å²) < 4.78 is 5.21. The third kappa shape index (κ3) is 7.82. The van der Waals surface area contributed by atoms with Crippen molar-refractivity contribution in [3.05, 3.63) is 0 Å². The average Bonchev–Trinajstić information content (AvgIpc) is 2.28. The number of nitrogens with one attached hydrogen (secondary N) is 2. The number of hydrogen-bond acceptors (Lipinski definition) is 3. The summed E-state index contributed by atoms with van der Waals surface area (Å²) >= 11 is 1.85. The number of hydrogen-bond donors (Lipinski definition) is 2. The molecule has 16 heavy (non-hydrogen) atoms. The van der Waals surface area contributed by atoms with E-state index in [0.29, 0.717) is 0 Å². The first kappa shape index (κ1) is 15.6. The van der Waals surface area contributed by atoms with Crippen LogP contribution in [0.25, 0.3) is 0 Å². The van der Waals surface area contributed by atoms with Crippen LogP contribution in [0, 0.1) is 0 Å². The second kappa shape index (κ2) is 8.70. The minimum atomic E-state index is 0.226. The fraction of sp³-hybridized carbons (Fsp3) is 0.909. The van der Waals surface area contributed by atoms with E-state index >= 15 is 0 Å². The summed E-state index contributed by atoms with van der Waals surface area (Å²) in [6.45, 7) is 6.98. The highest BCUT2D eigenvalue weighted by Crippen LogP contribution is 2.19. The Hall–Kier alpha value is -0.420. The molecule has 0 aromatic carbocycles. The smallest absolute Gasteiger partial charge is 0.191 e. The maximum Gasteiger partial charge on any atom is 0.191 e. The molecule has 0 unspecified atom stereocenters. The fourth-order valence-electron chi connectivity index (χ4n) is 1.01. The van der Waals surface area contributed by atoms with E-state index in [0.717, 1.165) is 32.1 Å². The minimum absolute atomic E-state index is 0.226. The van der Waals surface area contributed by atoms with Crippen LogP contribution in [-0.2, 0) is 4.74 Å². The molecule has 0 atom stereocenters. The molecular formula is C11H25N3OS. The van der Waals surface area contributed by atoms with Crippen LogP contribution in [-0.4, -0.2) is 50.8 Å². The van der Waals surface area contributed by atoms with E-state index in [1.54, 1.807) is 14.2 Å². The van der Waals surface area contributed by atoms with Gasteiger partial charge in [0.1, 0.15) is 0 Å². The summed E-state index contributed by atoms with van der Waals surface area (Å²) in [5, 5.41) is 6.57. The highest BCUT2D eigenvalue weighted by molar-refractivity contribution is 7.99. The normalized spacial score (nSPS) is 12.7. The van der Waals surface area contributed by atoms with Crippen LogP contribution in [0.15, 0.2) is 4.99 Å². The zero-order valence-corrected chi connectivity index (χ0v) is 11.9. The van der Waals surface area contributed by atoms with Crippen LogP contribution in [0.2, 0.25) is 0 Å². The Morgan fingerprint density at radius 1 is 1.38 bits per heavy atom. The summed E-state index contributed by atoms with van der Waals surface area (Å²) in [6, 6.07) is 0. The summed E-state index contributed by atoms with van der Waals surface area (Å²) in [5.74, 6) is 0.859. The molecule has 0 spiro atoms. The van der Waals surface area contributed by atoms with Gasteiger partial charge in [-0.1, -0.05) is 0 Å². The molecule has 0 heterocycles. The van der Waals surface area contributed by atoms with Crippen molar-refractivity contribution in [3.8, 4) is 0 Å². The lowest BCUT2D eigenvalue weighted by Crippen LogP contribution is -2.43. The number of methoxy groups -OCH3 is 1. The molecular weight excluding hydrogens is 222 g/mol. The predicted molar refractivity (Wildman–Crippen MR) is 73.5 cm³/mol. The van der Waals surface area contributed by atoms with Crippen molar-refractivity contribution in [1.82, 2.24) is 10.6 Å². The summed E-state index contributed by atoms with van der Waals surface area (Å²) in [6.07, 6.45) is 3.11. The number of rotatable bonds is 7.